The normalized spacial score (nSPS) is 30.2. The number of likely N-dealkylation sites (tertiary alicyclic amines) is 1. The molecular weight excluding hydrogens is 206 g/mol. The Hall–Kier alpha value is -0.810. The summed E-state index contributed by atoms with van der Waals surface area (Å²) >= 11 is 0. The van der Waals surface area contributed by atoms with Gasteiger partial charge < -0.3 is 20.7 Å². The van der Waals surface area contributed by atoms with E-state index >= 15 is 0 Å². The fraction of sp³-hybridized carbons (Fsp3) is 0.909. The summed E-state index contributed by atoms with van der Waals surface area (Å²) in [5, 5.41) is 3.01. The summed E-state index contributed by atoms with van der Waals surface area (Å²) in [4.78, 5) is 13.8. The van der Waals surface area contributed by atoms with Gasteiger partial charge in [0.1, 0.15) is 0 Å². The van der Waals surface area contributed by atoms with E-state index in [0.29, 0.717) is 12.6 Å². The predicted molar refractivity (Wildman–Crippen MR) is 61.1 cm³/mol. The van der Waals surface area contributed by atoms with Gasteiger partial charge in [-0.2, -0.15) is 0 Å². The maximum atomic E-state index is 11.9. The van der Waals surface area contributed by atoms with E-state index in [2.05, 4.69) is 5.32 Å². The van der Waals surface area contributed by atoms with Crippen molar-refractivity contribution < 1.29 is 9.53 Å². The zero-order valence-electron chi connectivity index (χ0n) is 9.82. The van der Waals surface area contributed by atoms with Gasteiger partial charge in [0.15, 0.2) is 0 Å². The fourth-order valence-corrected chi connectivity index (χ4v) is 2.20. The summed E-state index contributed by atoms with van der Waals surface area (Å²) in [6.45, 7) is 1.26. The lowest BCUT2D eigenvalue weighted by Crippen LogP contribution is -2.54. The Morgan fingerprint density at radius 3 is 2.81 bits per heavy atom. The van der Waals surface area contributed by atoms with Gasteiger partial charge in [-0.25, -0.2) is 4.79 Å². The van der Waals surface area contributed by atoms with Gasteiger partial charge in [0, 0.05) is 32.3 Å². The van der Waals surface area contributed by atoms with Crippen molar-refractivity contribution in [2.75, 3.05) is 20.2 Å². The number of carbonyl (C=O) groups excluding carboxylic acids is 1. The largest absolute Gasteiger partial charge is 0.381 e. The summed E-state index contributed by atoms with van der Waals surface area (Å²) in [7, 11) is 1.72. The highest BCUT2D eigenvalue weighted by molar-refractivity contribution is 5.75. The van der Waals surface area contributed by atoms with Gasteiger partial charge in [0.2, 0.25) is 0 Å². The van der Waals surface area contributed by atoms with Gasteiger partial charge >= 0.3 is 6.03 Å². The molecule has 16 heavy (non-hydrogen) atoms. The predicted octanol–water partition coefficient (Wildman–Crippen LogP) is 0.297. The Balaban J connectivity index is 1.89. The zero-order valence-corrected chi connectivity index (χ0v) is 9.82. The third-order valence-corrected chi connectivity index (χ3v) is 3.44. The maximum absolute atomic E-state index is 11.9. The minimum absolute atomic E-state index is 0.0486. The first-order valence-electron chi connectivity index (χ1n) is 6.04. The molecule has 0 aromatic carbocycles. The number of amides is 2. The zero-order chi connectivity index (χ0) is 11.5. The number of piperidine rings is 1. The Morgan fingerprint density at radius 1 is 1.50 bits per heavy atom. The summed E-state index contributed by atoms with van der Waals surface area (Å²) in [5.74, 6) is 0. The molecule has 0 aromatic heterocycles. The first-order chi connectivity index (χ1) is 7.74. The third kappa shape index (κ3) is 2.65. The number of nitrogens with one attached hydrogen (secondary N) is 1. The number of nitrogens with two attached hydrogens (primary N) is 1. The van der Waals surface area contributed by atoms with Crippen LogP contribution in [0, 0.1) is 0 Å². The number of nitrogens with zero attached hydrogens (tertiary/aromatic N) is 1. The average Bonchev–Trinajstić information content (AvgIpc) is 3.11. The van der Waals surface area contributed by atoms with Gasteiger partial charge in [-0.3, -0.25) is 0 Å². The first kappa shape index (κ1) is 11.7. The minimum atomic E-state index is 0.0486. The standard InChI is InChI=1S/C11H21N3O2/c1-16-10-4-5-14(9(6-10)7-12)11(15)13-8-2-3-8/h8-10H,2-7,12H2,1H3,(H,13,15). The maximum Gasteiger partial charge on any atom is 0.317 e. The Kier molecular flexibility index (Phi) is 3.66. The number of rotatable bonds is 3. The van der Waals surface area contributed by atoms with Crippen molar-refractivity contribution in [1.82, 2.24) is 10.2 Å². The molecule has 1 aliphatic carbocycles. The van der Waals surface area contributed by atoms with E-state index < -0.39 is 0 Å². The van der Waals surface area contributed by atoms with Crippen molar-refractivity contribution in [2.24, 2.45) is 5.73 Å². The van der Waals surface area contributed by atoms with Crippen LogP contribution in [0.15, 0.2) is 0 Å². The molecule has 92 valence electrons. The van der Waals surface area contributed by atoms with Crippen LogP contribution in [0.4, 0.5) is 4.79 Å². The van der Waals surface area contributed by atoms with E-state index in [0.717, 1.165) is 32.2 Å². The van der Waals surface area contributed by atoms with Crippen molar-refractivity contribution in [3.8, 4) is 0 Å². The highest BCUT2D eigenvalue weighted by Gasteiger charge is 2.33. The summed E-state index contributed by atoms with van der Waals surface area (Å²) in [6.07, 6.45) is 4.25. The SMILES string of the molecule is COC1CCN(C(=O)NC2CC2)C(CN)C1. The van der Waals surface area contributed by atoms with Crippen LogP contribution in [-0.4, -0.2) is 49.3 Å². The molecule has 5 heteroatoms. The molecule has 2 amide bonds. The first-order valence-corrected chi connectivity index (χ1v) is 6.04. The Bertz CT molecular complexity index is 256. The monoisotopic (exact) mass is 227 g/mol. The van der Waals surface area contributed by atoms with Gasteiger partial charge in [-0.1, -0.05) is 0 Å². The number of ether oxygens (including phenoxy) is 1. The molecule has 2 unspecified atom stereocenters. The van der Waals surface area contributed by atoms with Gasteiger partial charge in [0.25, 0.3) is 0 Å². The second-order valence-corrected chi connectivity index (χ2v) is 4.69. The van der Waals surface area contributed by atoms with E-state index in [1.54, 1.807) is 7.11 Å². The Labute approximate surface area is 96.3 Å². The van der Waals surface area contributed by atoms with Gasteiger partial charge in [0.05, 0.1) is 6.10 Å². The molecule has 2 rings (SSSR count). The highest BCUT2D eigenvalue weighted by atomic mass is 16.5. The van der Waals surface area contributed by atoms with Crippen molar-refractivity contribution in [3.05, 3.63) is 0 Å². The lowest BCUT2D eigenvalue weighted by Gasteiger charge is -2.38. The lowest BCUT2D eigenvalue weighted by atomic mass is 10.00. The van der Waals surface area contributed by atoms with Crippen LogP contribution in [-0.2, 0) is 4.74 Å². The van der Waals surface area contributed by atoms with Crippen LogP contribution in [0.1, 0.15) is 25.7 Å². The van der Waals surface area contributed by atoms with Crippen molar-refractivity contribution in [1.29, 1.82) is 0 Å². The number of carbonyl (C=O) groups is 1. The molecule has 5 nitrogen and oxygen atoms in total. The summed E-state index contributed by atoms with van der Waals surface area (Å²) in [5.41, 5.74) is 5.72. The second-order valence-electron chi connectivity index (χ2n) is 4.69. The quantitative estimate of drug-likeness (QED) is 0.728. The van der Waals surface area contributed by atoms with E-state index in [1.807, 2.05) is 4.90 Å². The molecule has 2 aliphatic rings. The van der Waals surface area contributed by atoms with Crippen LogP contribution in [0.2, 0.25) is 0 Å². The molecule has 0 aromatic rings. The van der Waals surface area contributed by atoms with E-state index in [9.17, 15) is 4.79 Å². The van der Waals surface area contributed by atoms with E-state index in [1.165, 1.54) is 0 Å². The molecule has 3 N–H and O–H groups in total. The highest BCUT2D eigenvalue weighted by Crippen LogP contribution is 2.22. The van der Waals surface area contributed by atoms with Crippen molar-refractivity contribution in [2.45, 2.75) is 43.9 Å². The third-order valence-electron chi connectivity index (χ3n) is 3.44. The van der Waals surface area contributed by atoms with Crippen molar-refractivity contribution in [3.63, 3.8) is 0 Å². The van der Waals surface area contributed by atoms with Crippen LogP contribution in [0.3, 0.4) is 0 Å². The van der Waals surface area contributed by atoms with Crippen LogP contribution >= 0.6 is 0 Å². The van der Waals surface area contributed by atoms with Crippen LogP contribution < -0.4 is 11.1 Å². The molecular formula is C11H21N3O2. The Morgan fingerprint density at radius 2 is 2.25 bits per heavy atom. The molecule has 1 saturated heterocycles. The molecule has 2 atom stereocenters. The van der Waals surface area contributed by atoms with Gasteiger partial charge in [-0.05, 0) is 25.7 Å². The molecule has 0 radical (unpaired) electrons. The van der Waals surface area contributed by atoms with Crippen LogP contribution in [0.5, 0.6) is 0 Å². The molecule has 2 fully saturated rings. The van der Waals surface area contributed by atoms with E-state index in [-0.39, 0.29) is 18.2 Å². The average molecular weight is 227 g/mol. The summed E-state index contributed by atoms with van der Waals surface area (Å²) < 4.78 is 5.33. The molecule has 0 spiro atoms. The number of urea groups is 1. The number of methoxy groups -OCH3 is 1. The minimum Gasteiger partial charge on any atom is -0.381 e. The number of hydrogen-bond donors (Lipinski definition) is 2. The van der Waals surface area contributed by atoms with E-state index in [4.69, 9.17) is 10.5 Å². The fourth-order valence-electron chi connectivity index (χ4n) is 2.20. The lowest BCUT2D eigenvalue weighted by molar-refractivity contribution is 0.0269. The topological polar surface area (TPSA) is 67.6 Å². The van der Waals surface area contributed by atoms with Crippen LogP contribution in [0.25, 0.3) is 0 Å². The van der Waals surface area contributed by atoms with Crippen molar-refractivity contribution >= 4 is 6.03 Å². The molecule has 0 bridgehead atoms. The number of hydrogen-bond acceptors (Lipinski definition) is 3. The molecule has 1 heterocycles. The second kappa shape index (κ2) is 5.01. The molecule has 1 aliphatic heterocycles. The van der Waals surface area contributed by atoms with Gasteiger partial charge in [-0.15, -0.1) is 0 Å². The summed E-state index contributed by atoms with van der Waals surface area (Å²) in [6, 6.07) is 0.580. The smallest absolute Gasteiger partial charge is 0.317 e. The molecule has 1 saturated carbocycles.